The van der Waals surface area contributed by atoms with E-state index in [1.54, 1.807) is 0 Å². The molecule has 1 aliphatic heterocycles. The summed E-state index contributed by atoms with van der Waals surface area (Å²) in [4.78, 5) is 15.9. The number of hydrogen-bond donors (Lipinski definition) is 0. The molecule has 13 rings (SSSR count). The van der Waals surface area contributed by atoms with E-state index in [-0.39, 0.29) is 0 Å². The number of rotatable bonds is 5. The fourth-order valence-corrected chi connectivity index (χ4v) is 10.2. The van der Waals surface area contributed by atoms with Gasteiger partial charge in [-0.05, 0) is 81.2 Å². The molecule has 2 aliphatic rings. The van der Waals surface area contributed by atoms with Gasteiger partial charge in [-0.3, -0.25) is 0 Å². The van der Waals surface area contributed by atoms with Crippen LogP contribution in [0.4, 0.5) is 0 Å². The van der Waals surface area contributed by atoms with Crippen molar-refractivity contribution < 1.29 is 4.74 Å². The van der Waals surface area contributed by atoms with Crippen LogP contribution in [0.1, 0.15) is 22.3 Å². The largest absolute Gasteiger partial charge is 0.457 e. The molecule has 0 amide bonds. The lowest BCUT2D eigenvalue weighted by Crippen LogP contribution is -2.32. The van der Waals surface area contributed by atoms with E-state index < -0.39 is 5.41 Å². The van der Waals surface area contributed by atoms with E-state index in [0.29, 0.717) is 5.82 Å². The van der Waals surface area contributed by atoms with Gasteiger partial charge < -0.3 is 4.74 Å². The zero-order valence-corrected chi connectivity index (χ0v) is 34.6. The Bertz CT molecular complexity index is 3580. The SMILES string of the molecule is c1ccc(-c2ccc(-c3cc(-c4ccc5nc(-c6ccccc6)c6cc7c(cc6c5c4)C4(c5ccccc5Oc5ccccc54)c4ccccc4-7)nc(-c4ccccc4)n3)cc2)cc1. The van der Waals surface area contributed by atoms with Crippen LogP contribution in [0.15, 0.2) is 224 Å². The van der Waals surface area contributed by atoms with Crippen LogP contribution in [0.25, 0.3) is 89.1 Å². The minimum atomic E-state index is -0.603. The van der Waals surface area contributed by atoms with Crippen LogP contribution < -0.4 is 4.74 Å². The molecule has 4 nitrogen and oxygen atoms in total. The van der Waals surface area contributed by atoms with Gasteiger partial charge in [0.05, 0.1) is 28.0 Å². The first-order valence-electron chi connectivity index (χ1n) is 21.8. The summed E-state index contributed by atoms with van der Waals surface area (Å²) < 4.78 is 6.68. The van der Waals surface area contributed by atoms with Gasteiger partial charge in [-0.1, -0.05) is 182 Å². The molecule has 1 spiro atoms. The van der Waals surface area contributed by atoms with Gasteiger partial charge in [-0.15, -0.1) is 0 Å². The van der Waals surface area contributed by atoms with Gasteiger partial charge in [0, 0.05) is 44.2 Å². The van der Waals surface area contributed by atoms with Crippen LogP contribution >= 0.6 is 0 Å². The average molecular weight is 816 g/mol. The van der Waals surface area contributed by atoms with E-state index in [4.69, 9.17) is 19.7 Å². The molecule has 0 bridgehead atoms. The van der Waals surface area contributed by atoms with Gasteiger partial charge in [0.25, 0.3) is 0 Å². The van der Waals surface area contributed by atoms with Gasteiger partial charge >= 0.3 is 0 Å². The minimum Gasteiger partial charge on any atom is -0.457 e. The number of para-hydroxylation sites is 2. The predicted octanol–water partition coefficient (Wildman–Crippen LogP) is 15.0. The lowest BCUT2D eigenvalue weighted by molar-refractivity contribution is 0.436. The second kappa shape index (κ2) is 14.3. The average Bonchev–Trinajstić information content (AvgIpc) is 3.65. The Balaban J connectivity index is 1.07. The van der Waals surface area contributed by atoms with E-state index in [1.165, 1.54) is 27.8 Å². The number of ether oxygens (including phenoxy) is 1. The van der Waals surface area contributed by atoms with Gasteiger partial charge in [0.1, 0.15) is 11.5 Å². The molecular weight excluding hydrogens is 779 g/mol. The Kier molecular flexibility index (Phi) is 8.09. The third kappa shape index (κ3) is 5.52. The molecule has 0 unspecified atom stereocenters. The van der Waals surface area contributed by atoms with E-state index in [1.807, 2.05) is 24.3 Å². The summed E-state index contributed by atoms with van der Waals surface area (Å²) in [6.45, 7) is 0. The summed E-state index contributed by atoms with van der Waals surface area (Å²) in [6.07, 6.45) is 0. The fraction of sp³-hybridized carbons (Fsp3) is 0.0167. The van der Waals surface area contributed by atoms with E-state index in [2.05, 4.69) is 200 Å². The summed E-state index contributed by atoms with van der Waals surface area (Å²) in [7, 11) is 0. The number of pyridine rings is 1. The van der Waals surface area contributed by atoms with Crippen molar-refractivity contribution in [1.29, 1.82) is 0 Å². The number of benzene rings is 9. The first kappa shape index (κ1) is 36.2. The van der Waals surface area contributed by atoms with Crippen molar-refractivity contribution in [3.8, 4) is 78.9 Å². The molecule has 4 heteroatoms. The third-order valence-corrected chi connectivity index (χ3v) is 13.1. The molecule has 0 fully saturated rings. The number of hydrogen-bond acceptors (Lipinski definition) is 4. The Morgan fingerprint density at radius 1 is 0.312 bits per heavy atom. The first-order valence-corrected chi connectivity index (χ1v) is 21.8. The quantitative estimate of drug-likeness (QED) is 0.162. The van der Waals surface area contributed by atoms with Crippen molar-refractivity contribution in [3.05, 3.63) is 247 Å². The highest BCUT2D eigenvalue weighted by Crippen LogP contribution is 2.62. The summed E-state index contributed by atoms with van der Waals surface area (Å²) in [5, 5.41) is 3.29. The number of nitrogens with zero attached hydrogens (tertiary/aromatic N) is 3. The standard InChI is InChI=1S/C60H37N3O/c1-4-16-38(17-5-1)39-28-30-40(31-29-39)54-37-55(63-59(62-54)42-20-8-3-9-21-42)43-32-33-53-47(34-43)45-36-52-46(35-48(45)58(61-53)41-18-6-2-7-19-41)44-22-10-11-23-49(44)60(52)50-24-12-14-26-56(50)64-57-27-15-13-25-51(57)60/h1-37H. The maximum atomic E-state index is 6.68. The molecule has 64 heavy (non-hydrogen) atoms. The maximum absolute atomic E-state index is 6.68. The topological polar surface area (TPSA) is 47.9 Å². The van der Waals surface area contributed by atoms with Gasteiger partial charge in [-0.25, -0.2) is 15.0 Å². The summed E-state index contributed by atoms with van der Waals surface area (Å²) in [6, 6.07) is 79.5. The van der Waals surface area contributed by atoms with E-state index >= 15 is 0 Å². The highest BCUT2D eigenvalue weighted by atomic mass is 16.5. The number of aromatic nitrogens is 3. The highest BCUT2D eigenvalue weighted by molar-refractivity contribution is 6.14. The van der Waals surface area contributed by atoms with Gasteiger partial charge in [0.15, 0.2) is 5.82 Å². The molecule has 1 aliphatic carbocycles. The van der Waals surface area contributed by atoms with Gasteiger partial charge in [0.2, 0.25) is 0 Å². The molecule has 298 valence electrons. The zero-order chi connectivity index (χ0) is 42.2. The Morgan fingerprint density at radius 2 is 0.844 bits per heavy atom. The molecule has 0 saturated carbocycles. The minimum absolute atomic E-state index is 0.603. The van der Waals surface area contributed by atoms with Crippen LogP contribution in [-0.2, 0) is 5.41 Å². The molecule has 0 saturated heterocycles. The summed E-state index contributed by atoms with van der Waals surface area (Å²) in [5.74, 6) is 2.43. The molecule has 0 radical (unpaired) electrons. The van der Waals surface area contributed by atoms with Crippen LogP contribution in [-0.4, -0.2) is 15.0 Å². The van der Waals surface area contributed by atoms with Crippen molar-refractivity contribution in [3.63, 3.8) is 0 Å². The number of fused-ring (bicyclic) bond motifs is 12. The van der Waals surface area contributed by atoms with Crippen LogP contribution in [0.3, 0.4) is 0 Å². The second-order valence-electron chi connectivity index (χ2n) is 16.7. The smallest absolute Gasteiger partial charge is 0.160 e. The molecule has 11 aromatic rings. The van der Waals surface area contributed by atoms with E-state index in [9.17, 15) is 0 Å². The van der Waals surface area contributed by atoms with Crippen LogP contribution in [0.2, 0.25) is 0 Å². The monoisotopic (exact) mass is 815 g/mol. The second-order valence-corrected chi connectivity index (χ2v) is 16.7. The van der Waals surface area contributed by atoms with Crippen molar-refractivity contribution in [2.75, 3.05) is 0 Å². The summed E-state index contributed by atoms with van der Waals surface area (Å²) >= 11 is 0. The molecule has 0 N–H and O–H groups in total. The molecule has 0 atom stereocenters. The first-order chi connectivity index (χ1) is 31.7. The van der Waals surface area contributed by atoms with Crippen molar-refractivity contribution in [1.82, 2.24) is 15.0 Å². The Labute approximate surface area is 370 Å². The highest BCUT2D eigenvalue weighted by Gasteiger charge is 2.51. The van der Waals surface area contributed by atoms with Crippen LogP contribution in [0, 0.1) is 0 Å². The zero-order valence-electron chi connectivity index (χ0n) is 34.6. The van der Waals surface area contributed by atoms with E-state index in [0.717, 1.165) is 89.2 Å². The predicted molar refractivity (Wildman–Crippen MR) is 259 cm³/mol. The van der Waals surface area contributed by atoms with Crippen molar-refractivity contribution >= 4 is 21.7 Å². The Hall–Kier alpha value is -8.47. The Morgan fingerprint density at radius 3 is 1.53 bits per heavy atom. The van der Waals surface area contributed by atoms with Gasteiger partial charge in [-0.2, -0.15) is 0 Å². The lowest BCUT2D eigenvalue weighted by atomic mass is 9.66. The summed E-state index contributed by atoms with van der Waals surface area (Å²) in [5.41, 5.74) is 16.6. The fourth-order valence-electron chi connectivity index (χ4n) is 10.2. The van der Waals surface area contributed by atoms with Crippen molar-refractivity contribution in [2.45, 2.75) is 5.41 Å². The third-order valence-electron chi connectivity index (χ3n) is 13.1. The molecule has 3 heterocycles. The molecule has 2 aromatic heterocycles. The van der Waals surface area contributed by atoms with Crippen molar-refractivity contribution in [2.24, 2.45) is 0 Å². The normalized spacial score (nSPS) is 12.9. The molecule has 9 aromatic carbocycles. The lowest BCUT2D eigenvalue weighted by Gasteiger charge is -2.39. The van der Waals surface area contributed by atoms with Crippen LogP contribution in [0.5, 0.6) is 11.5 Å². The maximum Gasteiger partial charge on any atom is 0.160 e. The molecular formula is C60H37N3O.